The fraction of sp³-hybridized carbons (Fsp3) is 0.909. The third-order valence-electron chi connectivity index (χ3n) is 3.10. The Morgan fingerprint density at radius 2 is 2.20 bits per heavy atom. The molecule has 3 atom stereocenters. The highest BCUT2D eigenvalue weighted by Crippen LogP contribution is 2.23. The van der Waals surface area contributed by atoms with Gasteiger partial charge in [0.25, 0.3) is 0 Å². The van der Waals surface area contributed by atoms with Gasteiger partial charge < -0.3 is 10.5 Å². The molecule has 4 nitrogen and oxygen atoms in total. The molecule has 0 aromatic carbocycles. The van der Waals surface area contributed by atoms with Crippen LogP contribution in [-0.2, 0) is 9.53 Å². The van der Waals surface area contributed by atoms with Crippen molar-refractivity contribution in [1.29, 1.82) is 0 Å². The monoisotopic (exact) mass is 214 g/mol. The molecular weight excluding hydrogens is 192 g/mol. The zero-order valence-electron chi connectivity index (χ0n) is 10.1. The van der Waals surface area contributed by atoms with Crippen molar-refractivity contribution in [2.75, 3.05) is 20.2 Å². The SMILES string of the molecule is COC(=O)C(C)(N)CN1CC(C)CC1C. The zero-order chi connectivity index (χ0) is 11.6. The number of carbonyl (C=O) groups is 1. The van der Waals surface area contributed by atoms with E-state index in [1.807, 2.05) is 0 Å². The second-order valence-electron chi connectivity index (χ2n) is 5.03. The van der Waals surface area contributed by atoms with Crippen LogP contribution in [-0.4, -0.2) is 42.6 Å². The predicted molar refractivity (Wildman–Crippen MR) is 59.4 cm³/mol. The van der Waals surface area contributed by atoms with Crippen LogP contribution >= 0.6 is 0 Å². The van der Waals surface area contributed by atoms with Gasteiger partial charge in [-0.15, -0.1) is 0 Å². The van der Waals surface area contributed by atoms with Crippen molar-refractivity contribution in [3.05, 3.63) is 0 Å². The minimum Gasteiger partial charge on any atom is -0.468 e. The van der Waals surface area contributed by atoms with Crippen LogP contribution < -0.4 is 5.73 Å². The summed E-state index contributed by atoms with van der Waals surface area (Å²) in [5, 5.41) is 0. The largest absolute Gasteiger partial charge is 0.468 e. The van der Waals surface area contributed by atoms with E-state index in [1.54, 1.807) is 6.92 Å². The number of hydrogen-bond acceptors (Lipinski definition) is 4. The van der Waals surface area contributed by atoms with Gasteiger partial charge in [0.05, 0.1) is 7.11 Å². The van der Waals surface area contributed by atoms with E-state index < -0.39 is 5.54 Å². The number of esters is 1. The first-order chi connectivity index (χ1) is 6.86. The Kier molecular flexibility index (Phi) is 3.73. The zero-order valence-corrected chi connectivity index (χ0v) is 10.1. The number of hydrogen-bond donors (Lipinski definition) is 1. The van der Waals surface area contributed by atoms with Crippen molar-refractivity contribution in [3.63, 3.8) is 0 Å². The van der Waals surface area contributed by atoms with Gasteiger partial charge in [-0.25, -0.2) is 0 Å². The van der Waals surface area contributed by atoms with Gasteiger partial charge in [0.15, 0.2) is 0 Å². The first-order valence-electron chi connectivity index (χ1n) is 5.48. The van der Waals surface area contributed by atoms with Gasteiger partial charge in [-0.1, -0.05) is 6.92 Å². The maximum Gasteiger partial charge on any atom is 0.326 e. The number of methoxy groups -OCH3 is 1. The van der Waals surface area contributed by atoms with Gasteiger partial charge >= 0.3 is 5.97 Å². The Labute approximate surface area is 91.8 Å². The molecule has 0 amide bonds. The van der Waals surface area contributed by atoms with E-state index in [0.717, 1.165) is 6.54 Å². The highest BCUT2D eigenvalue weighted by Gasteiger charge is 2.36. The number of rotatable bonds is 3. The van der Waals surface area contributed by atoms with E-state index in [2.05, 4.69) is 18.7 Å². The summed E-state index contributed by atoms with van der Waals surface area (Å²) in [6.45, 7) is 7.73. The lowest BCUT2D eigenvalue weighted by molar-refractivity contribution is -0.147. The minimum absolute atomic E-state index is 0.339. The maximum atomic E-state index is 11.4. The van der Waals surface area contributed by atoms with Crippen LogP contribution in [0.3, 0.4) is 0 Å². The smallest absolute Gasteiger partial charge is 0.326 e. The number of nitrogens with two attached hydrogens (primary N) is 1. The molecular formula is C11H22N2O2. The average Bonchev–Trinajstić information content (AvgIpc) is 2.43. The second-order valence-corrected chi connectivity index (χ2v) is 5.03. The van der Waals surface area contributed by atoms with E-state index >= 15 is 0 Å². The lowest BCUT2D eigenvalue weighted by Gasteiger charge is -2.30. The average molecular weight is 214 g/mol. The van der Waals surface area contributed by atoms with Crippen molar-refractivity contribution in [3.8, 4) is 0 Å². The van der Waals surface area contributed by atoms with E-state index in [1.165, 1.54) is 13.5 Å². The molecule has 0 aromatic rings. The molecule has 88 valence electrons. The molecule has 2 N–H and O–H groups in total. The first-order valence-corrected chi connectivity index (χ1v) is 5.48. The summed E-state index contributed by atoms with van der Waals surface area (Å²) in [6.07, 6.45) is 1.18. The number of nitrogens with zero attached hydrogens (tertiary/aromatic N) is 1. The summed E-state index contributed by atoms with van der Waals surface area (Å²) in [4.78, 5) is 13.7. The van der Waals surface area contributed by atoms with Crippen molar-refractivity contribution >= 4 is 5.97 Å². The Morgan fingerprint density at radius 1 is 1.60 bits per heavy atom. The van der Waals surface area contributed by atoms with Crippen LogP contribution in [0.5, 0.6) is 0 Å². The van der Waals surface area contributed by atoms with Crippen molar-refractivity contribution in [1.82, 2.24) is 4.90 Å². The van der Waals surface area contributed by atoms with Crippen LogP contribution in [0.2, 0.25) is 0 Å². The molecule has 0 bridgehead atoms. The Balaban J connectivity index is 2.57. The molecule has 0 saturated carbocycles. The summed E-state index contributed by atoms with van der Waals surface area (Å²) in [5.74, 6) is 0.350. The molecule has 1 aliphatic heterocycles. The lowest BCUT2D eigenvalue weighted by Crippen LogP contribution is -2.55. The second kappa shape index (κ2) is 4.49. The summed E-state index contributed by atoms with van der Waals surface area (Å²) in [7, 11) is 1.38. The predicted octanol–water partition coefficient (Wildman–Crippen LogP) is 0.607. The molecule has 15 heavy (non-hydrogen) atoms. The Hall–Kier alpha value is -0.610. The molecule has 0 aromatic heterocycles. The fourth-order valence-corrected chi connectivity index (χ4v) is 2.33. The normalized spacial score (nSPS) is 31.3. The quantitative estimate of drug-likeness (QED) is 0.699. The minimum atomic E-state index is -0.896. The van der Waals surface area contributed by atoms with Crippen LogP contribution in [0, 0.1) is 5.92 Å². The highest BCUT2D eigenvalue weighted by molar-refractivity contribution is 5.80. The Morgan fingerprint density at radius 3 is 2.60 bits per heavy atom. The molecule has 0 radical (unpaired) electrons. The van der Waals surface area contributed by atoms with Gasteiger partial charge in [0.2, 0.25) is 0 Å². The van der Waals surface area contributed by atoms with Gasteiger partial charge in [-0.2, -0.15) is 0 Å². The molecule has 1 heterocycles. The third kappa shape index (κ3) is 2.92. The molecule has 3 unspecified atom stereocenters. The van der Waals surface area contributed by atoms with Crippen molar-refractivity contribution in [2.24, 2.45) is 11.7 Å². The number of likely N-dealkylation sites (tertiary alicyclic amines) is 1. The Bertz CT molecular complexity index is 241. The topological polar surface area (TPSA) is 55.6 Å². The van der Waals surface area contributed by atoms with Crippen molar-refractivity contribution < 1.29 is 9.53 Å². The molecule has 1 aliphatic rings. The standard InChI is InChI=1S/C11H22N2O2/c1-8-5-9(2)13(6-8)7-11(3,12)10(14)15-4/h8-9H,5-7,12H2,1-4H3. The van der Waals surface area contributed by atoms with E-state index in [4.69, 9.17) is 10.5 Å². The molecule has 1 saturated heterocycles. The van der Waals surface area contributed by atoms with E-state index in [9.17, 15) is 4.79 Å². The highest BCUT2D eigenvalue weighted by atomic mass is 16.5. The maximum absolute atomic E-state index is 11.4. The summed E-state index contributed by atoms with van der Waals surface area (Å²) >= 11 is 0. The van der Waals surface area contributed by atoms with Crippen LogP contribution in [0.25, 0.3) is 0 Å². The fourth-order valence-electron chi connectivity index (χ4n) is 2.33. The number of ether oxygens (including phenoxy) is 1. The van der Waals surface area contributed by atoms with Gasteiger partial charge in [0, 0.05) is 19.1 Å². The molecule has 1 fully saturated rings. The van der Waals surface area contributed by atoms with Crippen molar-refractivity contribution in [2.45, 2.75) is 38.8 Å². The van der Waals surface area contributed by atoms with Gasteiger partial charge in [-0.05, 0) is 26.2 Å². The summed E-state index contributed by atoms with van der Waals surface area (Å²) in [6, 6.07) is 0.507. The molecule has 1 rings (SSSR count). The van der Waals surface area contributed by atoms with Crippen LogP contribution in [0.1, 0.15) is 27.2 Å². The van der Waals surface area contributed by atoms with Gasteiger partial charge in [0.1, 0.15) is 5.54 Å². The third-order valence-corrected chi connectivity index (χ3v) is 3.10. The summed E-state index contributed by atoms with van der Waals surface area (Å²) in [5.41, 5.74) is 5.05. The lowest BCUT2D eigenvalue weighted by atomic mass is 10.0. The van der Waals surface area contributed by atoms with Gasteiger partial charge in [-0.3, -0.25) is 9.69 Å². The summed E-state index contributed by atoms with van der Waals surface area (Å²) < 4.78 is 4.70. The first kappa shape index (κ1) is 12.5. The van der Waals surface area contributed by atoms with E-state index in [-0.39, 0.29) is 5.97 Å². The molecule has 4 heteroatoms. The van der Waals surface area contributed by atoms with E-state index in [0.29, 0.717) is 18.5 Å². The van der Waals surface area contributed by atoms with Crippen LogP contribution in [0.15, 0.2) is 0 Å². The molecule has 0 aliphatic carbocycles. The van der Waals surface area contributed by atoms with Crippen LogP contribution in [0.4, 0.5) is 0 Å². The number of carbonyl (C=O) groups excluding carboxylic acids is 1. The molecule has 0 spiro atoms.